The third-order valence-electron chi connectivity index (χ3n) is 2.83. The lowest BCUT2D eigenvalue weighted by molar-refractivity contribution is 0.481. The van der Waals surface area contributed by atoms with E-state index in [-0.39, 0.29) is 0 Å². The first kappa shape index (κ1) is 14.8. The van der Waals surface area contributed by atoms with Crippen LogP contribution in [0.5, 0.6) is 0 Å². The van der Waals surface area contributed by atoms with Gasteiger partial charge in [-0.2, -0.15) is 0 Å². The molecule has 0 heterocycles. The van der Waals surface area contributed by atoms with Crippen LogP contribution < -0.4 is 5.32 Å². The molecule has 3 heteroatoms. The van der Waals surface area contributed by atoms with Gasteiger partial charge in [0.2, 0.25) is 0 Å². The van der Waals surface area contributed by atoms with Gasteiger partial charge in [-0.25, -0.2) is 0 Å². The molecule has 96 valence electrons. The van der Waals surface area contributed by atoms with Crippen molar-refractivity contribution in [3.63, 3.8) is 0 Å². The number of hydrogen-bond donors (Lipinski definition) is 1. The van der Waals surface area contributed by atoms with Gasteiger partial charge in [0.15, 0.2) is 0 Å². The second-order valence-electron chi connectivity index (χ2n) is 4.58. The maximum Gasteiger partial charge on any atom is 0.0439 e. The van der Waals surface area contributed by atoms with Crippen molar-refractivity contribution >= 4 is 23.2 Å². The summed E-state index contributed by atoms with van der Waals surface area (Å²) in [5.41, 5.74) is 1.15. The number of hydrogen-bond acceptors (Lipinski definition) is 1. The Balaban J connectivity index is 2.36. The van der Waals surface area contributed by atoms with Crippen molar-refractivity contribution < 1.29 is 0 Å². The first-order valence-corrected chi connectivity index (χ1v) is 7.03. The molecule has 17 heavy (non-hydrogen) atoms. The van der Waals surface area contributed by atoms with Crippen molar-refractivity contribution in [1.29, 1.82) is 0 Å². The van der Waals surface area contributed by atoms with Gasteiger partial charge in [0.05, 0.1) is 0 Å². The van der Waals surface area contributed by atoms with Gasteiger partial charge in [0.1, 0.15) is 0 Å². The second kappa shape index (κ2) is 7.97. The molecule has 1 nitrogen and oxygen atoms in total. The lowest BCUT2D eigenvalue weighted by Crippen LogP contribution is -2.22. The van der Waals surface area contributed by atoms with Gasteiger partial charge < -0.3 is 5.32 Å². The Morgan fingerprint density at radius 1 is 1.29 bits per heavy atom. The highest BCUT2D eigenvalue weighted by atomic mass is 35.5. The third kappa shape index (κ3) is 5.76. The van der Waals surface area contributed by atoms with Crippen LogP contribution in [-0.4, -0.2) is 13.1 Å². The minimum atomic E-state index is 0.664. The van der Waals surface area contributed by atoms with Crippen LogP contribution in [0.2, 0.25) is 10.0 Å². The van der Waals surface area contributed by atoms with Crippen LogP contribution in [0.1, 0.15) is 32.3 Å². The van der Waals surface area contributed by atoms with E-state index in [4.69, 9.17) is 23.2 Å². The second-order valence-corrected chi connectivity index (χ2v) is 5.43. The van der Waals surface area contributed by atoms with Crippen molar-refractivity contribution in [1.82, 2.24) is 5.32 Å². The minimum Gasteiger partial charge on any atom is -0.316 e. The quantitative estimate of drug-likeness (QED) is 0.718. The maximum absolute atomic E-state index is 6.13. The molecule has 0 aliphatic heterocycles. The predicted molar refractivity (Wildman–Crippen MR) is 77.1 cm³/mol. The normalized spacial score (nSPS) is 12.7. The van der Waals surface area contributed by atoms with Crippen LogP contribution in [-0.2, 0) is 6.42 Å². The van der Waals surface area contributed by atoms with Crippen molar-refractivity contribution in [3.05, 3.63) is 33.8 Å². The van der Waals surface area contributed by atoms with Gasteiger partial charge in [-0.1, -0.05) is 37.0 Å². The highest BCUT2D eigenvalue weighted by Gasteiger charge is 2.05. The molecule has 0 radical (unpaired) electrons. The standard InChI is InChI=1S/C14H21Cl2N/c1-3-8-17-10-11(2)4-5-12-9-13(15)6-7-14(12)16/h6-7,9,11,17H,3-5,8,10H2,1-2H3. The molecule has 0 amide bonds. The average Bonchev–Trinajstić information content (AvgIpc) is 2.31. The monoisotopic (exact) mass is 273 g/mol. The van der Waals surface area contributed by atoms with Crippen LogP contribution in [0.25, 0.3) is 0 Å². The van der Waals surface area contributed by atoms with Gasteiger partial charge in [-0.3, -0.25) is 0 Å². The van der Waals surface area contributed by atoms with Crippen LogP contribution in [0, 0.1) is 5.92 Å². The summed E-state index contributed by atoms with van der Waals surface area (Å²) >= 11 is 12.1. The maximum atomic E-state index is 6.13. The Kier molecular flexibility index (Phi) is 6.94. The van der Waals surface area contributed by atoms with E-state index in [1.54, 1.807) is 0 Å². The van der Waals surface area contributed by atoms with Gasteiger partial charge in [-0.05, 0) is 62.0 Å². The summed E-state index contributed by atoms with van der Waals surface area (Å²) in [6.45, 7) is 6.62. The van der Waals surface area contributed by atoms with E-state index in [2.05, 4.69) is 19.2 Å². The molecule has 1 N–H and O–H groups in total. The number of benzene rings is 1. The number of halogens is 2. The molecule has 0 bridgehead atoms. The van der Waals surface area contributed by atoms with Crippen LogP contribution in [0.15, 0.2) is 18.2 Å². The number of aryl methyl sites for hydroxylation is 1. The Bertz CT molecular complexity index is 339. The molecule has 1 unspecified atom stereocenters. The van der Waals surface area contributed by atoms with E-state index in [1.807, 2.05) is 18.2 Å². The topological polar surface area (TPSA) is 12.0 Å². The Morgan fingerprint density at radius 3 is 2.76 bits per heavy atom. The first-order valence-electron chi connectivity index (χ1n) is 6.28. The highest BCUT2D eigenvalue weighted by Crippen LogP contribution is 2.22. The van der Waals surface area contributed by atoms with E-state index < -0.39 is 0 Å². The molecule has 1 atom stereocenters. The van der Waals surface area contributed by atoms with Crippen molar-refractivity contribution in [2.45, 2.75) is 33.1 Å². The molecule has 0 aliphatic rings. The molecule has 1 rings (SSSR count). The zero-order valence-electron chi connectivity index (χ0n) is 10.6. The number of nitrogens with one attached hydrogen (secondary N) is 1. The lowest BCUT2D eigenvalue weighted by Gasteiger charge is -2.13. The van der Waals surface area contributed by atoms with Gasteiger partial charge in [0, 0.05) is 10.0 Å². The largest absolute Gasteiger partial charge is 0.316 e. The number of rotatable bonds is 7. The smallest absolute Gasteiger partial charge is 0.0439 e. The summed E-state index contributed by atoms with van der Waals surface area (Å²) in [7, 11) is 0. The van der Waals surface area contributed by atoms with Crippen molar-refractivity contribution in [2.75, 3.05) is 13.1 Å². The van der Waals surface area contributed by atoms with E-state index in [0.717, 1.165) is 41.5 Å². The summed E-state index contributed by atoms with van der Waals surface area (Å²) in [6, 6.07) is 5.68. The van der Waals surface area contributed by atoms with E-state index in [1.165, 1.54) is 6.42 Å². The van der Waals surface area contributed by atoms with Gasteiger partial charge in [0.25, 0.3) is 0 Å². The summed E-state index contributed by atoms with van der Waals surface area (Å²) in [5, 5.41) is 5.03. The zero-order valence-corrected chi connectivity index (χ0v) is 12.1. The molecule has 0 fully saturated rings. The van der Waals surface area contributed by atoms with Crippen molar-refractivity contribution in [2.24, 2.45) is 5.92 Å². The Morgan fingerprint density at radius 2 is 2.06 bits per heavy atom. The molecule has 0 aliphatic carbocycles. The third-order valence-corrected chi connectivity index (χ3v) is 3.44. The lowest BCUT2D eigenvalue weighted by atomic mass is 10.0. The summed E-state index contributed by atoms with van der Waals surface area (Å²) < 4.78 is 0. The van der Waals surface area contributed by atoms with Crippen LogP contribution >= 0.6 is 23.2 Å². The highest BCUT2D eigenvalue weighted by molar-refractivity contribution is 6.33. The van der Waals surface area contributed by atoms with E-state index in [0.29, 0.717) is 5.92 Å². The van der Waals surface area contributed by atoms with Gasteiger partial charge >= 0.3 is 0 Å². The SMILES string of the molecule is CCCNCC(C)CCc1cc(Cl)ccc1Cl. The molecule has 0 spiro atoms. The molecule has 0 saturated heterocycles. The molecule has 1 aromatic carbocycles. The minimum absolute atomic E-state index is 0.664. The van der Waals surface area contributed by atoms with Gasteiger partial charge in [-0.15, -0.1) is 0 Å². The zero-order chi connectivity index (χ0) is 12.7. The van der Waals surface area contributed by atoms with Crippen molar-refractivity contribution in [3.8, 4) is 0 Å². The summed E-state index contributed by atoms with van der Waals surface area (Å²) in [5.74, 6) is 0.664. The molecule has 1 aromatic rings. The van der Waals surface area contributed by atoms with Crippen LogP contribution in [0.3, 0.4) is 0 Å². The first-order chi connectivity index (χ1) is 8.13. The molecule has 0 saturated carbocycles. The average molecular weight is 274 g/mol. The summed E-state index contributed by atoms with van der Waals surface area (Å²) in [6.07, 6.45) is 3.32. The summed E-state index contributed by atoms with van der Waals surface area (Å²) in [4.78, 5) is 0. The van der Waals surface area contributed by atoms with E-state index >= 15 is 0 Å². The molecular weight excluding hydrogens is 253 g/mol. The Hall–Kier alpha value is -0.240. The fourth-order valence-corrected chi connectivity index (χ4v) is 2.17. The predicted octanol–water partition coefficient (Wildman–Crippen LogP) is 4.56. The molecular formula is C14H21Cl2N. The van der Waals surface area contributed by atoms with Crippen LogP contribution in [0.4, 0.5) is 0 Å². The van der Waals surface area contributed by atoms with E-state index in [9.17, 15) is 0 Å². The Labute approximate surface area is 115 Å². The molecule has 0 aromatic heterocycles. The fourth-order valence-electron chi connectivity index (χ4n) is 1.76. The fraction of sp³-hybridized carbons (Fsp3) is 0.571.